The molecule has 122 valence electrons. The average Bonchev–Trinajstić information content (AvgIpc) is 3.22. The van der Waals surface area contributed by atoms with E-state index in [1.165, 1.54) is 33.6 Å². The van der Waals surface area contributed by atoms with Gasteiger partial charge in [-0.1, -0.05) is 18.3 Å². The van der Waals surface area contributed by atoms with Crippen LogP contribution in [0, 0.1) is 12.8 Å². The molecule has 1 atom stereocenters. The van der Waals surface area contributed by atoms with Crippen LogP contribution in [0.3, 0.4) is 0 Å². The topological polar surface area (TPSA) is 68.0 Å². The number of quaternary nitrogens is 1. The lowest BCUT2D eigenvalue weighted by Crippen LogP contribution is -3.13. The summed E-state index contributed by atoms with van der Waals surface area (Å²) < 4.78 is 7.25. The molecule has 0 radical (unpaired) electrons. The lowest BCUT2D eigenvalue weighted by Gasteiger charge is -2.32. The van der Waals surface area contributed by atoms with Gasteiger partial charge in [-0.05, 0) is 37.8 Å². The molecule has 0 saturated carbocycles. The van der Waals surface area contributed by atoms with E-state index in [-0.39, 0.29) is 11.9 Å². The van der Waals surface area contributed by atoms with Gasteiger partial charge in [0.25, 0.3) is 0 Å². The molecule has 1 saturated heterocycles. The van der Waals surface area contributed by atoms with Gasteiger partial charge in [0.15, 0.2) is 11.8 Å². The van der Waals surface area contributed by atoms with Crippen molar-refractivity contribution in [2.24, 2.45) is 5.92 Å². The molecule has 7 heteroatoms. The fraction of sp³-hybridized carbons (Fsp3) is 0.500. The van der Waals surface area contributed by atoms with Gasteiger partial charge in [0.2, 0.25) is 10.8 Å². The van der Waals surface area contributed by atoms with E-state index >= 15 is 0 Å². The summed E-state index contributed by atoms with van der Waals surface area (Å²) in [6.45, 7) is 6.31. The molecule has 3 aromatic rings. The highest BCUT2D eigenvalue weighted by Gasteiger charge is 2.36. The minimum absolute atomic E-state index is 0.00584. The number of piperidine rings is 1. The molecular formula is C16H21N4O2S+. The van der Waals surface area contributed by atoms with Crippen LogP contribution < -0.4 is 4.90 Å². The van der Waals surface area contributed by atoms with Gasteiger partial charge in [-0.2, -0.15) is 4.52 Å². The number of rotatable bonds is 3. The number of hydrogen-bond donors (Lipinski definition) is 2. The fourth-order valence-electron chi connectivity index (χ4n) is 3.43. The first kappa shape index (κ1) is 14.7. The van der Waals surface area contributed by atoms with Crippen molar-refractivity contribution < 1.29 is 14.4 Å². The van der Waals surface area contributed by atoms with Crippen molar-refractivity contribution in [3.05, 3.63) is 34.9 Å². The third-order valence-corrected chi connectivity index (χ3v) is 5.81. The second-order valence-electron chi connectivity index (χ2n) is 6.43. The molecule has 1 fully saturated rings. The summed E-state index contributed by atoms with van der Waals surface area (Å²) in [5, 5.41) is 15.0. The second-order valence-corrected chi connectivity index (χ2v) is 7.44. The summed E-state index contributed by atoms with van der Waals surface area (Å²) >= 11 is 1.50. The van der Waals surface area contributed by atoms with Crippen LogP contribution >= 0.6 is 11.3 Å². The molecule has 0 bridgehead atoms. The Morgan fingerprint density at radius 1 is 1.43 bits per heavy atom. The summed E-state index contributed by atoms with van der Waals surface area (Å²) in [5.74, 6) is 2.53. The largest absolute Gasteiger partial charge is 0.492 e. The number of hydrogen-bond acceptors (Lipinski definition) is 5. The van der Waals surface area contributed by atoms with Crippen LogP contribution in [0.2, 0.25) is 0 Å². The van der Waals surface area contributed by atoms with Gasteiger partial charge in [0.1, 0.15) is 10.7 Å². The zero-order valence-electron chi connectivity index (χ0n) is 13.3. The minimum atomic E-state index is 0.00584. The maximum Gasteiger partial charge on any atom is 0.235 e. The first-order valence-corrected chi connectivity index (χ1v) is 8.88. The highest BCUT2D eigenvalue weighted by Crippen LogP contribution is 2.35. The summed E-state index contributed by atoms with van der Waals surface area (Å²) in [6.07, 6.45) is 4.10. The normalized spacial score (nSPS) is 23.4. The van der Waals surface area contributed by atoms with E-state index in [0.29, 0.717) is 5.82 Å². The van der Waals surface area contributed by atoms with Crippen molar-refractivity contribution >= 4 is 16.3 Å². The average molecular weight is 333 g/mol. The molecule has 0 spiro atoms. The standard InChI is InChI=1S/C16H20N4O2S/c1-10-5-7-19(8-6-10)13(12-4-3-9-22-12)14-15(21)20-16(23-14)17-11(2)18-20/h3-4,9-10,13,21H,5-8H2,1-2H3/p+1/t13-/m1/s1. The molecule has 6 nitrogen and oxygen atoms in total. The molecule has 1 aliphatic heterocycles. The number of thiazole rings is 1. The van der Waals surface area contributed by atoms with Crippen molar-refractivity contribution in [2.75, 3.05) is 13.1 Å². The van der Waals surface area contributed by atoms with Gasteiger partial charge >= 0.3 is 0 Å². The van der Waals surface area contributed by atoms with Gasteiger partial charge in [-0.3, -0.25) is 0 Å². The number of furan rings is 1. The van der Waals surface area contributed by atoms with Crippen LogP contribution in [0.15, 0.2) is 22.8 Å². The Labute approximate surface area is 138 Å². The second kappa shape index (κ2) is 5.65. The smallest absolute Gasteiger partial charge is 0.235 e. The Hall–Kier alpha value is -1.86. The summed E-state index contributed by atoms with van der Waals surface area (Å²) in [5.41, 5.74) is 0. The molecule has 1 aliphatic rings. The van der Waals surface area contributed by atoms with Crippen molar-refractivity contribution in [3.8, 4) is 5.88 Å². The number of aromatic hydroxyl groups is 1. The molecule has 2 N–H and O–H groups in total. The molecule has 23 heavy (non-hydrogen) atoms. The van der Waals surface area contributed by atoms with Crippen LogP contribution in [0.4, 0.5) is 0 Å². The minimum Gasteiger partial charge on any atom is -0.492 e. The Morgan fingerprint density at radius 3 is 2.87 bits per heavy atom. The lowest BCUT2D eigenvalue weighted by atomic mass is 9.97. The Balaban J connectivity index is 1.77. The molecule has 0 aromatic carbocycles. The van der Waals surface area contributed by atoms with Gasteiger partial charge in [0, 0.05) is 0 Å². The van der Waals surface area contributed by atoms with Crippen LogP contribution in [0.5, 0.6) is 5.88 Å². The van der Waals surface area contributed by atoms with Crippen molar-refractivity contribution in [3.63, 3.8) is 0 Å². The number of nitrogens with one attached hydrogen (secondary N) is 1. The number of aromatic nitrogens is 3. The van der Waals surface area contributed by atoms with E-state index in [1.807, 2.05) is 19.1 Å². The van der Waals surface area contributed by atoms with Crippen LogP contribution in [-0.2, 0) is 0 Å². The van der Waals surface area contributed by atoms with Crippen molar-refractivity contribution in [1.82, 2.24) is 14.6 Å². The predicted octanol–water partition coefficient (Wildman–Crippen LogP) is 1.80. The maximum atomic E-state index is 10.7. The summed E-state index contributed by atoms with van der Waals surface area (Å²) in [4.78, 5) is 7.45. The van der Waals surface area contributed by atoms with Gasteiger partial charge in [0.05, 0.1) is 19.4 Å². The Bertz CT molecular complexity index is 800. The number of likely N-dealkylation sites (tertiary alicyclic amines) is 1. The number of nitrogens with zero attached hydrogens (tertiary/aromatic N) is 3. The van der Waals surface area contributed by atoms with E-state index in [1.54, 1.807) is 6.26 Å². The molecule has 0 unspecified atom stereocenters. The first-order chi connectivity index (χ1) is 11.1. The molecule has 0 amide bonds. The molecule has 0 aliphatic carbocycles. The zero-order valence-corrected chi connectivity index (χ0v) is 14.1. The monoisotopic (exact) mass is 333 g/mol. The number of aryl methyl sites for hydroxylation is 1. The van der Waals surface area contributed by atoms with E-state index in [4.69, 9.17) is 4.42 Å². The van der Waals surface area contributed by atoms with Crippen molar-refractivity contribution in [1.29, 1.82) is 0 Å². The summed E-state index contributed by atoms with van der Waals surface area (Å²) in [7, 11) is 0. The van der Waals surface area contributed by atoms with E-state index in [2.05, 4.69) is 17.0 Å². The highest BCUT2D eigenvalue weighted by molar-refractivity contribution is 7.17. The predicted molar refractivity (Wildman–Crippen MR) is 86.9 cm³/mol. The molecule has 4 heterocycles. The third kappa shape index (κ3) is 2.53. The first-order valence-electron chi connectivity index (χ1n) is 8.06. The Morgan fingerprint density at radius 2 is 2.22 bits per heavy atom. The zero-order chi connectivity index (χ0) is 16.0. The van der Waals surface area contributed by atoms with Crippen molar-refractivity contribution in [2.45, 2.75) is 32.7 Å². The van der Waals surface area contributed by atoms with Gasteiger partial charge in [-0.15, -0.1) is 5.10 Å². The van der Waals surface area contributed by atoms with Gasteiger partial charge in [-0.25, -0.2) is 4.98 Å². The van der Waals surface area contributed by atoms with Crippen LogP contribution in [0.25, 0.3) is 4.96 Å². The van der Waals surface area contributed by atoms with E-state index < -0.39 is 0 Å². The maximum absolute atomic E-state index is 10.7. The molecular weight excluding hydrogens is 312 g/mol. The quantitative estimate of drug-likeness (QED) is 0.767. The molecule has 4 rings (SSSR count). The SMILES string of the molecule is Cc1nc2sc([C@@H](c3ccco3)[NH+]3CCC(C)CC3)c(O)n2n1. The van der Waals surface area contributed by atoms with Gasteiger partial charge < -0.3 is 14.4 Å². The van der Waals surface area contributed by atoms with E-state index in [0.717, 1.165) is 34.6 Å². The highest BCUT2D eigenvalue weighted by atomic mass is 32.1. The van der Waals surface area contributed by atoms with E-state index in [9.17, 15) is 5.11 Å². The van der Waals surface area contributed by atoms with Crippen LogP contribution in [0.1, 0.15) is 42.3 Å². The summed E-state index contributed by atoms with van der Waals surface area (Å²) in [6, 6.07) is 3.91. The van der Waals surface area contributed by atoms with Crippen LogP contribution in [-0.4, -0.2) is 32.8 Å². The lowest BCUT2D eigenvalue weighted by molar-refractivity contribution is -0.932. The molecule has 3 aromatic heterocycles. The fourth-order valence-corrected chi connectivity index (χ4v) is 4.60. The third-order valence-electron chi connectivity index (χ3n) is 4.72. The number of fused-ring (bicyclic) bond motifs is 1. The Kier molecular flexibility index (Phi) is 3.61.